The van der Waals surface area contributed by atoms with E-state index in [0.29, 0.717) is 16.9 Å². The van der Waals surface area contributed by atoms with Crippen LogP contribution in [0.4, 0.5) is 0 Å². The third-order valence-electron chi connectivity index (χ3n) is 5.26. The first-order chi connectivity index (χ1) is 15.7. The summed E-state index contributed by atoms with van der Waals surface area (Å²) >= 11 is 1.48. The molecule has 1 N–H and O–H groups in total. The molecule has 2 aromatic carbocycles. The van der Waals surface area contributed by atoms with Crippen molar-refractivity contribution in [3.05, 3.63) is 84.7 Å². The molecular formula is C25H21N3O3S. The fourth-order valence-electron chi connectivity index (χ4n) is 3.73. The normalized spacial score (nSPS) is 14.7. The van der Waals surface area contributed by atoms with Crippen molar-refractivity contribution in [3.8, 4) is 34.1 Å². The summed E-state index contributed by atoms with van der Waals surface area (Å²) in [6.07, 6.45) is 6.82. The summed E-state index contributed by atoms with van der Waals surface area (Å²) in [5, 5.41) is 19.1. The topological polar surface area (TPSA) is 81.3 Å². The second kappa shape index (κ2) is 8.88. The molecule has 0 amide bonds. The van der Waals surface area contributed by atoms with E-state index in [-0.39, 0.29) is 11.9 Å². The average molecular weight is 444 g/mol. The first kappa shape index (κ1) is 20.3. The molecular weight excluding hydrogens is 422 g/mol. The molecule has 0 aliphatic carbocycles. The monoisotopic (exact) mass is 443 g/mol. The minimum atomic E-state index is 0.0136. The maximum absolute atomic E-state index is 10.4. The number of phenols is 1. The summed E-state index contributed by atoms with van der Waals surface area (Å²) in [6.45, 7) is 3.79. The molecule has 1 atom stereocenters. The molecule has 0 radical (unpaired) electrons. The molecule has 32 heavy (non-hydrogen) atoms. The molecule has 160 valence electrons. The van der Waals surface area contributed by atoms with Gasteiger partial charge in [0.2, 0.25) is 5.89 Å². The number of hydrogen-bond acceptors (Lipinski definition) is 7. The van der Waals surface area contributed by atoms with E-state index >= 15 is 0 Å². The molecule has 3 heterocycles. The summed E-state index contributed by atoms with van der Waals surface area (Å²) in [5.74, 6) is 2.30. The number of fused-ring (bicyclic) bond motifs is 1. The van der Waals surface area contributed by atoms with Gasteiger partial charge in [-0.15, -0.1) is 16.8 Å². The van der Waals surface area contributed by atoms with E-state index in [0.717, 1.165) is 46.4 Å². The largest absolute Gasteiger partial charge is 0.507 e. The molecule has 1 aliphatic rings. The number of thioether (sulfide) groups is 1. The second-order valence-electron chi connectivity index (χ2n) is 7.54. The predicted molar refractivity (Wildman–Crippen MR) is 124 cm³/mol. The van der Waals surface area contributed by atoms with Gasteiger partial charge in [-0.05, 0) is 59.5 Å². The van der Waals surface area contributed by atoms with Crippen molar-refractivity contribution in [2.24, 2.45) is 0 Å². The van der Waals surface area contributed by atoms with E-state index in [1.54, 1.807) is 18.5 Å². The van der Waals surface area contributed by atoms with Crippen molar-refractivity contribution >= 4 is 11.8 Å². The number of pyridine rings is 1. The molecule has 5 rings (SSSR count). The summed E-state index contributed by atoms with van der Waals surface area (Å²) in [6, 6.07) is 15.4. The SMILES string of the molecule is C=CCc1ccc(O)c(-c2ccc3c(c2)C[C@@H](CSc2nnc(-c4cccnc4)o2)O3)c1. The number of nitrogens with zero attached hydrogens (tertiary/aromatic N) is 3. The Hall–Kier alpha value is -3.58. The Bertz CT molecular complexity index is 1260. The van der Waals surface area contributed by atoms with Crippen molar-refractivity contribution < 1.29 is 14.3 Å². The number of rotatable bonds is 7. The van der Waals surface area contributed by atoms with Crippen LogP contribution in [0.15, 0.2) is 83.2 Å². The lowest BCUT2D eigenvalue weighted by Gasteiger charge is -2.09. The molecule has 4 aromatic rings. The van der Waals surface area contributed by atoms with Gasteiger partial charge in [0, 0.05) is 30.1 Å². The quantitative estimate of drug-likeness (QED) is 0.305. The Kier molecular flexibility index (Phi) is 5.64. The van der Waals surface area contributed by atoms with Gasteiger partial charge in [-0.2, -0.15) is 0 Å². The number of phenolic OH excluding ortho intramolecular Hbond substituents is 1. The maximum atomic E-state index is 10.4. The number of aromatic hydroxyl groups is 1. The Morgan fingerprint density at radius 2 is 2.06 bits per heavy atom. The van der Waals surface area contributed by atoms with Gasteiger partial charge in [-0.3, -0.25) is 4.98 Å². The van der Waals surface area contributed by atoms with Crippen LogP contribution in [0.2, 0.25) is 0 Å². The first-order valence-electron chi connectivity index (χ1n) is 10.3. The van der Waals surface area contributed by atoms with Gasteiger partial charge in [0.15, 0.2) is 0 Å². The molecule has 0 unspecified atom stereocenters. The zero-order valence-electron chi connectivity index (χ0n) is 17.3. The van der Waals surface area contributed by atoms with E-state index in [9.17, 15) is 5.11 Å². The minimum Gasteiger partial charge on any atom is -0.507 e. The smallest absolute Gasteiger partial charge is 0.276 e. The summed E-state index contributed by atoms with van der Waals surface area (Å²) in [5.41, 5.74) is 4.83. The highest BCUT2D eigenvalue weighted by atomic mass is 32.2. The van der Waals surface area contributed by atoms with Gasteiger partial charge < -0.3 is 14.3 Å². The summed E-state index contributed by atoms with van der Waals surface area (Å²) in [7, 11) is 0. The molecule has 0 bridgehead atoms. The van der Waals surface area contributed by atoms with Gasteiger partial charge in [-0.25, -0.2) is 0 Å². The number of allylic oxidation sites excluding steroid dienone is 1. The standard InChI is InChI=1S/C25H21N3O3S/c1-2-4-16-6-8-22(29)21(11-16)17-7-9-23-19(12-17)13-20(30-23)15-32-25-28-27-24(31-25)18-5-3-10-26-14-18/h2-3,5-12,14,20,29H,1,4,13,15H2/t20-/m0/s1. The number of aromatic nitrogens is 3. The van der Waals surface area contributed by atoms with E-state index < -0.39 is 0 Å². The zero-order valence-corrected chi connectivity index (χ0v) is 18.1. The fourth-order valence-corrected chi connectivity index (χ4v) is 4.48. The minimum absolute atomic E-state index is 0.0136. The summed E-state index contributed by atoms with van der Waals surface area (Å²) < 4.78 is 11.8. The van der Waals surface area contributed by atoms with Gasteiger partial charge in [0.25, 0.3) is 5.22 Å². The Morgan fingerprint density at radius 1 is 1.12 bits per heavy atom. The van der Waals surface area contributed by atoms with Crippen molar-refractivity contribution in [1.82, 2.24) is 15.2 Å². The molecule has 0 saturated carbocycles. The molecule has 0 spiro atoms. The van der Waals surface area contributed by atoms with E-state index in [1.165, 1.54) is 11.8 Å². The number of benzene rings is 2. The van der Waals surface area contributed by atoms with Gasteiger partial charge in [0.05, 0.1) is 5.56 Å². The Balaban J connectivity index is 1.26. The number of hydrogen-bond donors (Lipinski definition) is 1. The van der Waals surface area contributed by atoms with Gasteiger partial charge >= 0.3 is 0 Å². The van der Waals surface area contributed by atoms with E-state index in [4.69, 9.17) is 9.15 Å². The van der Waals surface area contributed by atoms with Crippen LogP contribution >= 0.6 is 11.8 Å². The highest BCUT2D eigenvalue weighted by Gasteiger charge is 2.25. The zero-order chi connectivity index (χ0) is 21.9. The fraction of sp³-hybridized carbons (Fsp3) is 0.160. The van der Waals surface area contributed by atoms with E-state index in [1.807, 2.05) is 42.5 Å². The molecule has 6 nitrogen and oxygen atoms in total. The van der Waals surface area contributed by atoms with Crippen LogP contribution < -0.4 is 4.74 Å². The van der Waals surface area contributed by atoms with Crippen molar-refractivity contribution in [3.63, 3.8) is 0 Å². The van der Waals surface area contributed by atoms with Crippen LogP contribution in [-0.4, -0.2) is 32.1 Å². The van der Waals surface area contributed by atoms with Crippen molar-refractivity contribution in [2.45, 2.75) is 24.2 Å². The van der Waals surface area contributed by atoms with Crippen molar-refractivity contribution in [1.29, 1.82) is 0 Å². The number of ether oxygens (including phenoxy) is 1. The maximum Gasteiger partial charge on any atom is 0.276 e. The van der Waals surface area contributed by atoms with E-state index in [2.05, 4.69) is 27.8 Å². The molecule has 0 saturated heterocycles. The molecule has 0 fully saturated rings. The van der Waals surface area contributed by atoms with Gasteiger partial charge in [0.1, 0.15) is 17.6 Å². The molecule has 1 aliphatic heterocycles. The van der Waals surface area contributed by atoms with Crippen LogP contribution in [0.25, 0.3) is 22.6 Å². The lowest BCUT2D eigenvalue weighted by atomic mass is 9.98. The van der Waals surface area contributed by atoms with Crippen LogP contribution in [0.1, 0.15) is 11.1 Å². The second-order valence-corrected chi connectivity index (χ2v) is 8.51. The summed E-state index contributed by atoms with van der Waals surface area (Å²) in [4.78, 5) is 4.08. The third-order valence-corrected chi connectivity index (χ3v) is 6.21. The Labute approximate surface area is 190 Å². The van der Waals surface area contributed by atoms with Crippen LogP contribution in [0.5, 0.6) is 11.5 Å². The predicted octanol–water partition coefficient (Wildman–Crippen LogP) is 5.33. The molecule has 7 heteroatoms. The van der Waals surface area contributed by atoms with Crippen LogP contribution in [-0.2, 0) is 12.8 Å². The lowest BCUT2D eigenvalue weighted by Crippen LogP contribution is -2.15. The van der Waals surface area contributed by atoms with Gasteiger partial charge in [-0.1, -0.05) is 30.0 Å². The highest BCUT2D eigenvalue weighted by molar-refractivity contribution is 7.99. The molecule has 2 aromatic heterocycles. The van der Waals surface area contributed by atoms with Crippen LogP contribution in [0.3, 0.4) is 0 Å². The first-order valence-corrected chi connectivity index (χ1v) is 11.3. The van der Waals surface area contributed by atoms with Crippen molar-refractivity contribution in [2.75, 3.05) is 5.75 Å². The highest BCUT2D eigenvalue weighted by Crippen LogP contribution is 2.37. The Morgan fingerprint density at radius 3 is 2.91 bits per heavy atom. The third kappa shape index (κ3) is 4.24. The van der Waals surface area contributed by atoms with Crippen LogP contribution in [0, 0.1) is 0 Å². The average Bonchev–Trinajstić information content (AvgIpc) is 3.46. The lowest BCUT2D eigenvalue weighted by molar-refractivity contribution is 0.259.